The zero-order valence-corrected chi connectivity index (χ0v) is 12.7. The van der Waals surface area contributed by atoms with Gasteiger partial charge in [0.2, 0.25) is 0 Å². The second-order valence-electron chi connectivity index (χ2n) is 4.81. The molecule has 22 heavy (non-hydrogen) atoms. The number of hydrogen-bond acceptors (Lipinski definition) is 4. The average Bonchev–Trinajstić information content (AvgIpc) is 2.99. The van der Waals surface area contributed by atoms with Gasteiger partial charge in [-0.05, 0) is 49.3 Å². The molecule has 0 fully saturated rings. The minimum absolute atomic E-state index is 0.172. The Morgan fingerprint density at radius 3 is 2.68 bits per heavy atom. The largest absolute Gasteiger partial charge is 0.465 e. The molecule has 0 radical (unpaired) electrons. The Morgan fingerprint density at radius 1 is 1.23 bits per heavy atom. The summed E-state index contributed by atoms with van der Waals surface area (Å²) in [5, 5.41) is 6.96. The maximum atomic E-state index is 11.7. The van der Waals surface area contributed by atoms with E-state index in [0.717, 1.165) is 22.6 Å². The van der Waals surface area contributed by atoms with Crippen molar-refractivity contribution < 1.29 is 9.21 Å². The summed E-state index contributed by atoms with van der Waals surface area (Å²) in [6, 6.07) is 9.64. The first-order valence-electron chi connectivity index (χ1n) is 6.99. The lowest BCUT2D eigenvalue weighted by Crippen LogP contribution is -2.26. The number of allylic oxidation sites excluding steroid dienone is 1. The number of hydrazone groups is 1. The van der Waals surface area contributed by atoms with Crippen molar-refractivity contribution in [2.24, 2.45) is 5.10 Å². The Balaban J connectivity index is 1.76. The molecule has 0 atom stereocenters. The van der Waals surface area contributed by atoms with Gasteiger partial charge in [-0.3, -0.25) is 4.79 Å². The fourth-order valence-corrected chi connectivity index (χ4v) is 1.98. The molecular weight excluding hydrogens is 278 g/mol. The topological polar surface area (TPSA) is 66.6 Å². The van der Waals surface area contributed by atoms with Gasteiger partial charge >= 0.3 is 0 Å². The first kappa shape index (κ1) is 15.6. The van der Waals surface area contributed by atoms with Crippen LogP contribution in [-0.2, 0) is 4.79 Å². The number of para-hydroxylation sites is 1. The number of furan rings is 1. The number of nitrogens with zero attached hydrogens (tertiary/aromatic N) is 1. The predicted octanol–water partition coefficient (Wildman–Crippen LogP) is 3.12. The zero-order valence-electron chi connectivity index (χ0n) is 12.7. The molecule has 1 heterocycles. The Kier molecular flexibility index (Phi) is 5.54. The number of anilines is 1. The molecule has 0 aliphatic heterocycles. The molecule has 0 saturated heterocycles. The van der Waals surface area contributed by atoms with E-state index in [2.05, 4.69) is 15.8 Å². The quantitative estimate of drug-likeness (QED) is 0.636. The van der Waals surface area contributed by atoms with Crippen LogP contribution in [0, 0.1) is 13.8 Å². The highest BCUT2D eigenvalue weighted by Gasteiger charge is 2.03. The molecule has 1 aromatic carbocycles. The van der Waals surface area contributed by atoms with Gasteiger partial charge in [-0.15, -0.1) is 0 Å². The summed E-state index contributed by atoms with van der Waals surface area (Å²) in [4.78, 5) is 11.7. The van der Waals surface area contributed by atoms with Crippen LogP contribution in [0.5, 0.6) is 0 Å². The molecule has 0 unspecified atom stereocenters. The number of aryl methyl sites for hydroxylation is 2. The summed E-state index contributed by atoms with van der Waals surface area (Å²) in [7, 11) is 0. The molecule has 5 heteroatoms. The van der Waals surface area contributed by atoms with E-state index in [-0.39, 0.29) is 12.5 Å². The zero-order chi connectivity index (χ0) is 15.8. The molecule has 1 amide bonds. The summed E-state index contributed by atoms with van der Waals surface area (Å²) in [6.07, 6.45) is 6.54. The van der Waals surface area contributed by atoms with Gasteiger partial charge in [0.15, 0.2) is 0 Å². The van der Waals surface area contributed by atoms with Crippen LogP contribution in [0.3, 0.4) is 0 Å². The fourth-order valence-electron chi connectivity index (χ4n) is 1.98. The third-order valence-corrected chi connectivity index (χ3v) is 3.06. The van der Waals surface area contributed by atoms with Crippen molar-refractivity contribution >= 4 is 23.9 Å². The first-order valence-corrected chi connectivity index (χ1v) is 6.99. The molecule has 0 aliphatic rings. The highest BCUT2D eigenvalue weighted by atomic mass is 16.3. The Morgan fingerprint density at radius 2 is 2.00 bits per heavy atom. The van der Waals surface area contributed by atoms with E-state index in [1.54, 1.807) is 24.5 Å². The highest BCUT2D eigenvalue weighted by molar-refractivity contribution is 5.83. The lowest BCUT2D eigenvalue weighted by atomic mass is 10.1. The smallest absolute Gasteiger partial charge is 0.259 e. The Labute approximate surface area is 129 Å². The van der Waals surface area contributed by atoms with E-state index in [1.807, 2.05) is 38.1 Å². The standard InChI is InChI=1S/C17H19N3O2/c1-13-6-3-7-14(2)17(13)18-12-16(21)20-19-10-4-8-15-9-5-11-22-15/h3-11,18H,12H2,1-2H3,(H,20,21)/b8-4+,19-10-. The number of carbonyl (C=O) groups excluding carboxylic acids is 1. The lowest BCUT2D eigenvalue weighted by molar-refractivity contribution is -0.119. The number of amides is 1. The first-order chi connectivity index (χ1) is 10.7. The van der Waals surface area contributed by atoms with E-state index in [9.17, 15) is 4.79 Å². The maximum absolute atomic E-state index is 11.7. The predicted molar refractivity (Wildman–Crippen MR) is 88.8 cm³/mol. The van der Waals surface area contributed by atoms with Gasteiger partial charge in [-0.25, -0.2) is 5.43 Å². The Hall–Kier alpha value is -2.82. The highest BCUT2D eigenvalue weighted by Crippen LogP contribution is 2.18. The minimum atomic E-state index is -0.203. The average molecular weight is 297 g/mol. The molecule has 0 bridgehead atoms. The molecule has 2 aromatic rings. The van der Waals surface area contributed by atoms with Crippen molar-refractivity contribution in [2.45, 2.75) is 13.8 Å². The molecule has 0 saturated carbocycles. The Bertz CT molecular complexity index is 653. The van der Waals surface area contributed by atoms with Crippen LogP contribution in [-0.4, -0.2) is 18.7 Å². The van der Waals surface area contributed by atoms with Crippen LogP contribution in [0.1, 0.15) is 16.9 Å². The summed E-state index contributed by atoms with van der Waals surface area (Å²) in [5.41, 5.74) is 5.66. The van der Waals surface area contributed by atoms with Gasteiger partial charge in [-0.1, -0.05) is 18.2 Å². The van der Waals surface area contributed by atoms with Gasteiger partial charge in [0.25, 0.3) is 5.91 Å². The van der Waals surface area contributed by atoms with Crippen LogP contribution in [0.2, 0.25) is 0 Å². The lowest BCUT2D eigenvalue weighted by Gasteiger charge is -2.11. The maximum Gasteiger partial charge on any atom is 0.259 e. The van der Waals surface area contributed by atoms with Gasteiger partial charge in [0.1, 0.15) is 5.76 Å². The number of rotatable bonds is 6. The summed E-state index contributed by atoms with van der Waals surface area (Å²) in [6.45, 7) is 4.18. The molecular formula is C17H19N3O2. The summed E-state index contributed by atoms with van der Waals surface area (Å²) >= 11 is 0. The van der Waals surface area contributed by atoms with Gasteiger partial charge < -0.3 is 9.73 Å². The number of benzene rings is 1. The fraction of sp³-hybridized carbons (Fsp3) is 0.176. The van der Waals surface area contributed by atoms with Gasteiger partial charge in [0, 0.05) is 11.9 Å². The molecule has 1 aromatic heterocycles. The van der Waals surface area contributed by atoms with Crippen LogP contribution < -0.4 is 10.7 Å². The molecule has 0 aliphatic carbocycles. The van der Waals surface area contributed by atoms with Crippen molar-refractivity contribution in [3.8, 4) is 0 Å². The third kappa shape index (κ3) is 4.63. The van der Waals surface area contributed by atoms with E-state index >= 15 is 0 Å². The van der Waals surface area contributed by atoms with Gasteiger partial charge in [-0.2, -0.15) is 5.10 Å². The van der Waals surface area contributed by atoms with Crippen LogP contribution in [0.4, 0.5) is 5.69 Å². The second kappa shape index (κ2) is 7.83. The third-order valence-electron chi connectivity index (χ3n) is 3.06. The van der Waals surface area contributed by atoms with Crippen LogP contribution >= 0.6 is 0 Å². The SMILES string of the molecule is Cc1cccc(C)c1NCC(=O)N/N=C\C=C\c1ccco1. The minimum Gasteiger partial charge on any atom is -0.465 e. The van der Waals surface area contributed by atoms with Crippen molar-refractivity contribution in [3.63, 3.8) is 0 Å². The number of nitrogens with one attached hydrogen (secondary N) is 2. The van der Waals surface area contributed by atoms with Gasteiger partial charge in [0.05, 0.1) is 12.8 Å². The van der Waals surface area contributed by atoms with E-state index < -0.39 is 0 Å². The van der Waals surface area contributed by atoms with Crippen molar-refractivity contribution in [3.05, 3.63) is 59.6 Å². The van der Waals surface area contributed by atoms with Crippen LogP contribution in [0.15, 0.2) is 52.2 Å². The van der Waals surface area contributed by atoms with E-state index in [1.165, 1.54) is 6.21 Å². The molecule has 2 N–H and O–H groups in total. The molecule has 114 valence electrons. The monoisotopic (exact) mass is 297 g/mol. The van der Waals surface area contributed by atoms with Crippen molar-refractivity contribution in [1.82, 2.24) is 5.43 Å². The number of carbonyl (C=O) groups is 1. The summed E-state index contributed by atoms with van der Waals surface area (Å²) in [5.74, 6) is 0.528. The molecule has 0 spiro atoms. The van der Waals surface area contributed by atoms with Crippen molar-refractivity contribution in [1.29, 1.82) is 0 Å². The normalized spacial score (nSPS) is 11.2. The van der Waals surface area contributed by atoms with E-state index in [4.69, 9.17) is 4.42 Å². The molecule has 2 rings (SSSR count). The summed E-state index contributed by atoms with van der Waals surface area (Å²) < 4.78 is 5.13. The molecule has 5 nitrogen and oxygen atoms in total. The van der Waals surface area contributed by atoms with E-state index in [0.29, 0.717) is 0 Å². The van der Waals surface area contributed by atoms with Crippen LogP contribution in [0.25, 0.3) is 6.08 Å². The second-order valence-corrected chi connectivity index (χ2v) is 4.81. The van der Waals surface area contributed by atoms with Crippen molar-refractivity contribution in [2.75, 3.05) is 11.9 Å². The number of hydrogen-bond donors (Lipinski definition) is 2.